The first-order chi connectivity index (χ1) is 15.5. The number of hydrogen-bond donors (Lipinski definition) is 1. The van der Waals surface area contributed by atoms with E-state index in [2.05, 4.69) is 5.32 Å². The Morgan fingerprint density at radius 1 is 1.03 bits per heavy atom. The van der Waals surface area contributed by atoms with Gasteiger partial charge in [0, 0.05) is 30.1 Å². The molecule has 0 bridgehead atoms. The molecular formula is C24H21N3O5. The second kappa shape index (κ2) is 9.30. The van der Waals surface area contributed by atoms with E-state index in [0.717, 1.165) is 5.56 Å². The van der Waals surface area contributed by atoms with Gasteiger partial charge >= 0.3 is 0 Å². The zero-order chi connectivity index (χ0) is 22.5. The number of ether oxygens (including phenoxy) is 1. The zero-order valence-electron chi connectivity index (χ0n) is 17.2. The van der Waals surface area contributed by atoms with Crippen molar-refractivity contribution in [3.8, 4) is 5.75 Å². The quantitative estimate of drug-likeness (QED) is 0.465. The Balaban J connectivity index is 1.46. The van der Waals surface area contributed by atoms with Gasteiger partial charge in [0.25, 0.3) is 17.5 Å². The van der Waals surface area contributed by atoms with Crippen molar-refractivity contribution in [2.75, 3.05) is 23.4 Å². The molecule has 8 nitrogen and oxygen atoms in total. The number of carbonyl (C=O) groups excluding carboxylic acids is 2. The van der Waals surface area contributed by atoms with Crippen molar-refractivity contribution in [3.05, 3.63) is 94.0 Å². The molecule has 0 aromatic heterocycles. The number of anilines is 2. The van der Waals surface area contributed by atoms with Crippen LogP contribution in [0.3, 0.4) is 0 Å². The second-order valence-corrected chi connectivity index (χ2v) is 7.32. The van der Waals surface area contributed by atoms with Crippen molar-refractivity contribution in [1.82, 2.24) is 0 Å². The number of carbonyl (C=O) groups is 2. The van der Waals surface area contributed by atoms with Gasteiger partial charge in [-0.1, -0.05) is 30.3 Å². The number of benzene rings is 3. The lowest BCUT2D eigenvalue weighted by atomic mass is 10.0. The Morgan fingerprint density at radius 2 is 1.78 bits per heavy atom. The van der Waals surface area contributed by atoms with Crippen LogP contribution in [0.1, 0.15) is 22.3 Å². The van der Waals surface area contributed by atoms with Crippen LogP contribution < -0.4 is 15.0 Å². The molecule has 3 aromatic carbocycles. The molecule has 0 saturated carbocycles. The molecular weight excluding hydrogens is 410 g/mol. The number of amides is 2. The summed E-state index contributed by atoms with van der Waals surface area (Å²) in [6.45, 7) is 0.245. The van der Waals surface area contributed by atoms with E-state index in [-0.39, 0.29) is 24.1 Å². The summed E-state index contributed by atoms with van der Waals surface area (Å²) in [5.41, 5.74) is 2.40. The van der Waals surface area contributed by atoms with E-state index in [9.17, 15) is 19.7 Å². The predicted octanol–water partition coefficient (Wildman–Crippen LogP) is 4.21. The van der Waals surface area contributed by atoms with Gasteiger partial charge < -0.3 is 15.0 Å². The predicted molar refractivity (Wildman–Crippen MR) is 120 cm³/mol. The molecule has 0 unspecified atom stereocenters. The van der Waals surface area contributed by atoms with Crippen LogP contribution in [0.4, 0.5) is 17.1 Å². The number of aryl methyl sites for hydroxylation is 1. The maximum atomic E-state index is 12.9. The van der Waals surface area contributed by atoms with Crippen molar-refractivity contribution < 1.29 is 19.2 Å². The minimum Gasteiger partial charge on any atom is -0.483 e. The van der Waals surface area contributed by atoms with Crippen molar-refractivity contribution in [1.29, 1.82) is 0 Å². The number of nitrogens with zero attached hydrogens (tertiary/aromatic N) is 2. The van der Waals surface area contributed by atoms with Crippen LogP contribution in [0, 0.1) is 10.1 Å². The number of para-hydroxylation sites is 2. The molecule has 0 spiro atoms. The first-order valence-electron chi connectivity index (χ1n) is 10.2. The molecule has 0 aliphatic carbocycles. The highest BCUT2D eigenvalue weighted by atomic mass is 16.6. The third-order valence-corrected chi connectivity index (χ3v) is 5.21. The number of nitrogens with one attached hydrogen (secondary N) is 1. The van der Waals surface area contributed by atoms with E-state index >= 15 is 0 Å². The fourth-order valence-corrected chi connectivity index (χ4v) is 3.67. The zero-order valence-corrected chi connectivity index (χ0v) is 17.2. The monoisotopic (exact) mass is 431 g/mol. The number of hydrogen-bond acceptors (Lipinski definition) is 5. The number of rotatable bonds is 6. The highest BCUT2D eigenvalue weighted by molar-refractivity contribution is 6.06. The Hall–Kier alpha value is -4.20. The van der Waals surface area contributed by atoms with Crippen molar-refractivity contribution in [2.45, 2.75) is 12.8 Å². The summed E-state index contributed by atoms with van der Waals surface area (Å²) < 4.78 is 5.73. The second-order valence-electron chi connectivity index (χ2n) is 7.32. The highest BCUT2D eigenvalue weighted by Gasteiger charge is 2.25. The van der Waals surface area contributed by atoms with E-state index in [1.54, 1.807) is 47.4 Å². The number of nitro benzene ring substituents is 1. The van der Waals surface area contributed by atoms with E-state index in [1.807, 2.05) is 18.2 Å². The van der Waals surface area contributed by atoms with E-state index in [0.29, 0.717) is 42.1 Å². The topological polar surface area (TPSA) is 102 Å². The van der Waals surface area contributed by atoms with Crippen LogP contribution in [0.2, 0.25) is 0 Å². The average Bonchev–Trinajstić information content (AvgIpc) is 2.82. The molecule has 0 atom stereocenters. The molecule has 1 N–H and O–H groups in total. The molecule has 0 radical (unpaired) electrons. The van der Waals surface area contributed by atoms with Gasteiger partial charge in [-0.2, -0.15) is 0 Å². The fraction of sp³-hybridized carbons (Fsp3) is 0.167. The Bertz CT molecular complexity index is 1160. The first-order valence-corrected chi connectivity index (χ1v) is 10.2. The molecule has 2 amide bonds. The molecule has 0 saturated heterocycles. The van der Waals surface area contributed by atoms with E-state index < -0.39 is 4.92 Å². The SMILES string of the molecule is O=C(Nc1ccccc1)c1ccccc1OCC(=O)N1CCCc2cc([N+](=O)[O-])ccc21. The van der Waals surface area contributed by atoms with Crippen LogP contribution >= 0.6 is 0 Å². The molecule has 32 heavy (non-hydrogen) atoms. The Labute approximate surface area is 184 Å². The lowest BCUT2D eigenvalue weighted by Crippen LogP contribution is -2.38. The molecule has 162 valence electrons. The first kappa shape index (κ1) is 21.0. The summed E-state index contributed by atoms with van der Waals surface area (Å²) in [6, 6.07) is 20.3. The Kier molecular flexibility index (Phi) is 6.12. The normalized spacial score (nSPS) is 12.6. The molecule has 4 rings (SSSR count). The lowest BCUT2D eigenvalue weighted by Gasteiger charge is -2.29. The summed E-state index contributed by atoms with van der Waals surface area (Å²) in [4.78, 5) is 37.8. The summed E-state index contributed by atoms with van der Waals surface area (Å²) >= 11 is 0. The van der Waals surface area contributed by atoms with Gasteiger partial charge in [-0.15, -0.1) is 0 Å². The Morgan fingerprint density at radius 3 is 2.56 bits per heavy atom. The van der Waals surface area contributed by atoms with Gasteiger partial charge in [-0.25, -0.2) is 0 Å². The van der Waals surface area contributed by atoms with Crippen molar-refractivity contribution >= 4 is 28.9 Å². The van der Waals surface area contributed by atoms with Crippen LogP contribution in [0.25, 0.3) is 0 Å². The number of nitro groups is 1. The van der Waals surface area contributed by atoms with Crippen LogP contribution in [0.5, 0.6) is 5.75 Å². The van der Waals surface area contributed by atoms with Gasteiger partial charge in [0.05, 0.1) is 10.5 Å². The molecule has 1 heterocycles. The van der Waals surface area contributed by atoms with Crippen molar-refractivity contribution in [2.24, 2.45) is 0 Å². The summed E-state index contributed by atoms with van der Waals surface area (Å²) in [5.74, 6) is -0.317. The largest absolute Gasteiger partial charge is 0.483 e. The van der Waals surface area contributed by atoms with Crippen LogP contribution in [-0.2, 0) is 11.2 Å². The number of fused-ring (bicyclic) bond motifs is 1. The van der Waals surface area contributed by atoms with Crippen LogP contribution in [-0.4, -0.2) is 29.9 Å². The van der Waals surface area contributed by atoms with Gasteiger partial charge in [0.15, 0.2) is 6.61 Å². The van der Waals surface area contributed by atoms with Gasteiger partial charge in [-0.05, 0) is 48.7 Å². The molecule has 3 aromatic rings. The highest BCUT2D eigenvalue weighted by Crippen LogP contribution is 2.30. The standard InChI is InChI=1S/C24H21N3O5/c28-23(26-14-6-7-17-15-19(27(30)31)12-13-21(17)26)16-32-22-11-5-4-10-20(22)24(29)25-18-8-2-1-3-9-18/h1-5,8-13,15H,6-7,14,16H2,(H,25,29). The van der Waals surface area contributed by atoms with Crippen LogP contribution in [0.15, 0.2) is 72.8 Å². The van der Waals surface area contributed by atoms with Gasteiger partial charge in [-0.3, -0.25) is 19.7 Å². The van der Waals surface area contributed by atoms with Gasteiger partial charge in [0.1, 0.15) is 5.75 Å². The van der Waals surface area contributed by atoms with E-state index in [4.69, 9.17) is 4.74 Å². The van der Waals surface area contributed by atoms with E-state index in [1.165, 1.54) is 12.1 Å². The third kappa shape index (κ3) is 4.59. The maximum absolute atomic E-state index is 12.9. The minimum absolute atomic E-state index is 0.00709. The minimum atomic E-state index is -0.443. The van der Waals surface area contributed by atoms with Crippen molar-refractivity contribution in [3.63, 3.8) is 0 Å². The molecule has 1 aliphatic rings. The summed E-state index contributed by atoms with van der Waals surface area (Å²) in [5, 5.41) is 13.8. The molecule has 1 aliphatic heterocycles. The van der Waals surface area contributed by atoms with Gasteiger partial charge in [0.2, 0.25) is 0 Å². The average molecular weight is 431 g/mol. The smallest absolute Gasteiger partial charge is 0.269 e. The summed E-state index contributed by atoms with van der Waals surface area (Å²) in [6.07, 6.45) is 1.38. The fourth-order valence-electron chi connectivity index (χ4n) is 3.67. The maximum Gasteiger partial charge on any atom is 0.269 e. The lowest BCUT2D eigenvalue weighted by molar-refractivity contribution is -0.384. The summed E-state index contributed by atoms with van der Waals surface area (Å²) in [7, 11) is 0. The molecule has 8 heteroatoms. The molecule has 0 fully saturated rings. The third-order valence-electron chi connectivity index (χ3n) is 5.21. The number of non-ortho nitro benzene ring substituents is 1.